The number of amides is 3. The Labute approximate surface area is 280 Å². The van der Waals surface area contributed by atoms with Gasteiger partial charge in [0.15, 0.2) is 0 Å². The number of halogens is 1. The number of carbonyl (C=O) groups is 3. The highest BCUT2D eigenvalue weighted by Crippen LogP contribution is 2.26. The van der Waals surface area contributed by atoms with Crippen molar-refractivity contribution in [1.29, 1.82) is 0 Å². The molecule has 5 rings (SSSR count). The van der Waals surface area contributed by atoms with Crippen molar-refractivity contribution in [2.24, 2.45) is 0 Å². The van der Waals surface area contributed by atoms with Crippen molar-refractivity contribution in [2.75, 3.05) is 16.4 Å². The first-order chi connectivity index (χ1) is 22.3. The van der Waals surface area contributed by atoms with Crippen LogP contribution in [0.2, 0.25) is 0 Å². The van der Waals surface area contributed by atoms with Gasteiger partial charge in [0.25, 0.3) is 11.8 Å². The lowest BCUT2D eigenvalue weighted by molar-refractivity contribution is -0.114. The summed E-state index contributed by atoms with van der Waals surface area (Å²) in [7, 11) is 0. The summed E-state index contributed by atoms with van der Waals surface area (Å²) in [5.74, 6) is 0.237. The van der Waals surface area contributed by atoms with E-state index in [0.29, 0.717) is 22.8 Å². The predicted octanol–water partition coefficient (Wildman–Crippen LogP) is 8.72. The third-order valence-corrected chi connectivity index (χ3v) is 8.60. The standard InChI is InChI=1S/C37H32BrN3O4S/c1-3-25-11-7-8-24(2)35(25)41-34(42)23-46-31-19-16-29(17-20-31)39-37(44)32(40-36(43)27-9-5-4-6-10-27)22-30-18-21-33(45-30)26-12-14-28(38)15-13-26/h4-22H,3,23H2,1-2H3,(H,39,44)(H,40,43)(H,41,42). The zero-order chi connectivity index (χ0) is 32.5. The van der Waals surface area contributed by atoms with E-state index in [1.807, 2.05) is 73.7 Å². The molecule has 7 nitrogen and oxygen atoms in total. The van der Waals surface area contributed by atoms with E-state index in [1.165, 1.54) is 17.8 Å². The quantitative estimate of drug-likeness (QED) is 0.0949. The number of para-hydroxylation sites is 1. The zero-order valence-electron chi connectivity index (χ0n) is 25.3. The lowest BCUT2D eigenvalue weighted by Crippen LogP contribution is -2.30. The molecule has 46 heavy (non-hydrogen) atoms. The van der Waals surface area contributed by atoms with Gasteiger partial charge in [0.05, 0.1) is 5.75 Å². The van der Waals surface area contributed by atoms with Gasteiger partial charge in [-0.2, -0.15) is 0 Å². The Hall–Kier alpha value is -4.86. The van der Waals surface area contributed by atoms with Crippen LogP contribution >= 0.6 is 27.7 Å². The predicted molar refractivity (Wildman–Crippen MR) is 189 cm³/mol. The minimum Gasteiger partial charge on any atom is -0.457 e. The molecule has 0 aliphatic heterocycles. The molecule has 4 aromatic carbocycles. The normalized spacial score (nSPS) is 11.2. The van der Waals surface area contributed by atoms with Crippen LogP contribution < -0.4 is 16.0 Å². The van der Waals surface area contributed by atoms with Crippen molar-refractivity contribution in [2.45, 2.75) is 25.2 Å². The Morgan fingerprint density at radius 2 is 1.57 bits per heavy atom. The summed E-state index contributed by atoms with van der Waals surface area (Å²) >= 11 is 4.84. The van der Waals surface area contributed by atoms with Crippen LogP contribution in [-0.4, -0.2) is 23.5 Å². The fourth-order valence-electron chi connectivity index (χ4n) is 4.64. The Morgan fingerprint density at radius 1 is 0.826 bits per heavy atom. The number of nitrogens with one attached hydrogen (secondary N) is 3. The molecule has 0 aliphatic carbocycles. The minimum atomic E-state index is -0.518. The molecule has 0 radical (unpaired) electrons. The van der Waals surface area contributed by atoms with Gasteiger partial charge in [0.2, 0.25) is 5.91 Å². The molecule has 1 aromatic heterocycles. The van der Waals surface area contributed by atoms with E-state index in [4.69, 9.17) is 4.42 Å². The molecule has 0 aliphatic rings. The van der Waals surface area contributed by atoms with E-state index >= 15 is 0 Å². The highest BCUT2D eigenvalue weighted by molar-refractivity contribution is 9.10. The molecule has 0 spiro atoms. The fraction of sp³-hybridized carbons (Fsp3) is 0.108. The SMILES string of the molecule is CCc1cccc(C)c1NC(=O)CSc1ccc(NC(=O)C(=Cc2ccc(-c3ccc(Br)cc3)o2)NC(=O)c2ccccc2)cc1. The molecule has 1 heterocycles. The van der Waals surface area contributed by atoms with Gasteiger partial charge < -0.3 is 20.4 Å². The van der Waals surface area contributed by atoms with E-state index in [-0.39, 0.29) is 17.4 Å². The van der Waals surface area contributed by atoms with Crippen molar-refractivity contribution < 1.29 is 18.8 Å². The Kier molecular flexibility index (Phi) is 10.9. The third-order valence-electron chi connectivity index (χ3n) is 7.06. The highest BCUT2D eigenvalue weighted by atomic mass is 79.9. The van der Waals surface area contributed by atoms with Crippen molar-refractivity contribution >= 4 is 62.9 Å². The van der Waals surface area contributed by atoms with Gasteiger partial charge in [-0.25, -0.2) is 0 Å². The minimum absolute atomic E-state index is 0.0170. The van der Waals surface area contributed by atoms with E-state index in [0.717, 1.165) is 38.2 Å². The maximum absolute atomic E-state index is 13.5. The Bertz CT molecular complexity index is 1870. The summed E-state index contributed by atoms with van der Waals surface area (Å²) in [4.78, 5) is 40.0. The lowest BCUT2D eigenvalue weighted by atomic mass is 10.1. The van der Waals surface area contributed by atoms with Crippen LogP contribution in [0.4, 0.5) is 11.4 Å². The molecule has 0 saturated heterocycles. The van der Waals surface area contributed by atoms with Gasteiger partial charge in [0.1, 0.15) is 17.2 Å². The molecule has 232 valence electrons. The number of benzene rings is 4. The van der Waals surface area contributed by atoms with Crippen LogP contribution in [0, 0.1) is 6.92 Å². The van der Waals surface area contributed by atoms with Crippen molar-refractivity contribution in [1.82, 2.24) is 5.32 Å². The Balaban J connectivity index is 1.26. The lowest BCUT2D eigenvalue weighted by Gasteiger charge is -2.13. The molecule has 0 fully saturated rings. The first-order valence-electron chi connectivity index (χ1n) is 14.7. The fourth-order valence-corrected chi connectivity index (χ4v) is 5.61. The van der Waals surface area contributed by atoms with E-state index in [9.17, 15) is 14.4 Å². The first-order valence-corrected chi connectivity index (χ1v) is 16.4. The maximum atomic E-state index is 13.5. The van der Waals surface area contributed by atoms with Gasteiger partial charge >= 0.3 is 0 Å². The second-order valence-corrected chi connectivity index (χ2v) is 12.3. The molecule has 0 atom stereocenters. The van der Waals surface area contributed by atoms with Crippen LogP contribution in [0.5, 0.6) is 0 Å². The van der Waals surface area contributed by atoms with Crippen LogP contribution in [0.1, 0.15) is 34.2 Å². The van der Waals surface area contributed by atoms with Crippen molar-refractivity contribution in [3.8, 4) is 11.3 Å². The molecule has 0 bridgehead atoms. The molecular weight excluding hydrogens is 662 g/mol. The summed E-state index contributed by atoms with van der Waals surface area (Å²) < 4.78 is 6.94. The van der Waals surface area contributed by atoms with Crippen LogP contribution in [-0.2, 0) is 16.0 Å². The van der Waals surface area contributed by atoms with Gasteiger partial charge in [-0.1, -0.05) is 71.4 Å². The summed E-state index contributed by atoms with van der Waals surface area (Å²) in [5, 5.41) is 8.62. The topological polar surface area (TPSA) is 100 Å². The number of aryl methyl sites for hydroxylation is 2. The van der Waals surface area contributed by atoms with Crippen LogP contribution in [0.25, 0.3) is 17.4 Å². The first kappa shape index (κ1) is 32.5. The highest BCUT2D eigenvalue weighted by Gasteiger charge is 2.17. The molecule has 0 unspecified atom stereocenters. The van der Waals surface area contributed by atoms with Crippen LogP contribution in [0.15, 0.2) is 129 Å². The molecular formula is C37H32BrN3O4S. The van der Waals surface area contributed by atoms with E-state index in [1.54, 1.807) is 42.5 Å². The molecule has 3 amide bonds. The second-order valence-electron chi connectivity index (χ2n) is 10.4. The second kappa shape index (κ2) is 15.4. The summed E-state index contributed by atoms with van der Waals surface area (Å²) in [5.41, 5.74) is 4.83. The molecule has 5 aromatic rings. The number of rotatable bonds is 11. The number of anilines is 2. The van der Waals surface area contributed by atoms with Crippen LogP contribution in [0.3, 0.4) is 0 Å². The summed E-state index contributed by atoms with van der Waals surface area (Å²) in [6.07, 6.45) is 2.33. The maximum Gasteiger partial charge on any atom is 0.272 e. The zero-order valence-corrected chi connectivity index (χ0v) is 27.7. The summed E-state index contributed by atoms with van der Waals surface area (Å²) in [6.45, 7) is 4.05. The average molecular weight is 695 g/mol. The molecule has 3 N–H and O–H groups in total. The monoisotopic (exact) mass is 693 g/mol. The molecule has 9 heteroatoms. The van der Waals surface area contributed by atoms with Gasteiger partial charge in [-0.15, -0.1) is 11.8 Å². The van der Waals surface area contributed by atoms with E-state index < -0.39 is 11.8 Å². The number of thioether (sulfide) groups is 1. The number of carbonyl (C=O) groups excluding carboxylic acids is 3. The number of hydrogen-bond acceptors (Lipinski definition) is 5. The smallest absolute Gasteiger partial charge is 0.272 e. The third kappa shape index (κ3) is 8.65. The summed E-state index contributed by atoms with van der Waals surface area (Å²) in [6, 6.07) is 33.1. The molecule has 0 saturated carbocycles. The average Bonchev–Trinajstić information content (AvgIpc) is 3.54. The van der Waals surface area contributed by atoms with Gasteiger partial charge in [-0.05, 0) is 85.1 Å². The van der Waals surface area contributed by atoms with Crippen molar-refractivity contribution in [3.05, 3.63) is 142 Å². The van der Waals surface area contributed by atoms with E-state index in [2.05, 4.69) is 38.8 Å². The number of furan rings is 1. The van der Waals surface area contributed by atoms with Gasteiger partial charge in [-0.3, -0.25) is 14.4 Å². The number of hydrogen-bond donors (Lipinski definition) is 3. The van der Waals surface area contributed by atoms with Crippen molar-refractivity contribution in [3.63, 3.8) is 0 Å². The largest absolute Gasteiger partial charge is 0.457 e. The van der Waals surface area contributed by atoms with Gasteiger partial charge in [0, 0.05) is 37.9 Å². The Morgan fingerprint density at radius 3 is 2.28 bits per heavy atom.